The summed E-state index contributed by atoms with van der Waals surface area (Å²) in [4.78, 5) is 36.7. The van der Waals surface area contributed by atoms with Crippen LogP contribution in [0.5, 0.6) is 5.75 Å². The molecule has 1 aliphatic heterocycles. The average Bonchev–Trinajstić information content (AvgIpc) is 3.08. The van der Waals surface area contributed by atoms with E-state index in [2.05, 4.69) is 16.0 Å². The number of nitrogens with zero attached hydrogens (tertiary/aromatic N) is 1. The molecule has 10 heteroatoms. The Morgan fingerprint density at radius 3 is 2.33 bits per heavy atom. The summed E-state index contributed by atoms with van der Waals surface area (Å²) in [5.41, 5.74) is 4.59. The summed E-state index contributed by atoms with van der Waals surface area (Å²) in [6.07, 6.45) is -0.793. The fraction of sp³-hybridized carbons (Fsp3) is 0.103. The minimum absolute atomic E-state index is 0.133. The number of nitro groups is 1. The number of nitro benzene ring substituents is 1. The zero-order valence-electron chi connectivity index (χ0n) is 21.1. The van der Waals surface area contributed by atoms with E-state index in [0.717, 1.165) is 11.1 Å². The highest BCUT2D eigenvalue weighted by atomic mass is 16.6. The summed E-state index contributed by atoms with van der Waals surface area (Å²) in [5.74, 6) is -0.532. The molecule has 0 bridgehead atoms. The molecule has 0 radical (unpaired) electrons. The maximum absolute atomic E-state index is 13.1. The van der Waals surface area contributed by atoms with E-state index in [0.29, 0.717) is 33.9 Å². The lowest BCUT2D eigenvalue weighted by atomic mass is 10.0. The summed E-state index contributed by atoms with van der Waals surface area (Å²) in [7, 11) is 2.84. The average molecular weight is 525 g/mol. The Morgan fingerprint density at radius 1 is 0.872 bits per heavy atom. The van der Waals surface area contributed by atoms with Crippen LogP contribution < -0.4 is 20.7 Å². The van der Waals surface area contributed by atoms with Crippen molar-refractivity contribution in [3.8, 4) is 16.9 Å². The summed E-state index contributed by atoms with van der Waals surface area (Å²) < 4.78 is 10.6. The number of hydrogen-bond acceptors (Lipinski definition) is 7. The third-order valence-corrected chi connectivity index (χ3v) is 6.35. The Balaban J connectivity index is 1.41. The predicted molar refractivity (Wildman–Crippen MR) is 148 cm³/mol. The lowest BCUT2D eigenvalue weighted by Gasteiger charge is -2.17. The molecule has 2 amide bonds. The molecule has 5 rings (SSSR count). The number of fused-ring (bicyclic) bond motifs is 2. The second-order valence-corrected chi connectivity index (χ2v) is 8.76. The van der Waals surface area contributed by atoms with Crippen LogP contribution in [0.4, 0.5) is 28.4 Å². The predicted octanol–water partition coefficient (Wildman–Crippen LogP) is 5.91. The Hall–Kier alpha value is -5.22. The van der Waals surface area contributed by atoms with Gasteiger partial charge in [0.2, 0.25) is 0 Å². The van der Waals surface area contributed by atoms with Crippen molar-refractivity contribution >= 4 is 40.3 Å². The van der Waals surface area contributed by atoms with Gasteiger partial charge in [-0.1, -0.05) is 36.4 Å². The second-order valence-electron chi connectivity index (χ2n) is 8.76. The minimum atomic E-state index is -0.793. The number of nitrogens with one attached hydrogen (secondary N) is 3. The maximum Gasteiger partial charge on any atom is 0.310 e. The Morgan fingerprint density at radius 2 is 1.62 bits per heavy atom. The lowest BCUT2D eigenvalue weighted by Crippen LogP contribution is -2.22. The van der Waals surface area contributed by atoms with Gasteiger partial charge < -0.3 is 25.4 Å². The number of hydrogen-bond donors (Lipinski definition) is 3. The fourth-order valence-corrected chi connectivity index (χ4v) is 4.43. The number of ether oxygens (including phenoxy) is 2. The fourth-order valence-electron chi connectivity index (χ4n) is 4.43. The summed E-state index contributed by atoms with van der Waals surface area (Å²) in [5, 5.41) is 20.3. The van der Waals surface area contributed by atoms with Crippen molar-refractivity contribution in [2.75, 3.05) is 30.2 Å². The first kappa shape index (κ1) is 25.4. The van der Waals surface area contributed by atoms with Gasteiger partial charge in [0.25, 0.3) is 11.8 Å². The molecule has 0 unspecified atom stereocenters. The van der Waals surface area contributed by atoms with E-state index in [1.54, 1.807) is 48.5 Å². The number of methoxy groups -OCH3 is 2. The van der Waals surface area contributed by atoms with Gasteiger partial charge in [-0.15, -0.1) is 0 Å². The van der Waals surface area contributed by atoms with Gasteiger partial charge in [-0.2, -0.15) is 0 Å². The van der Waals surface area contributed by atoms with Crippen molar-refractivity contribution in [1.29, 1.82) is 0 Å². The molecular formula is C29H24N4O6. The van der Waals surface area contributed by atoms with Crippen molar-refractivity contribution in [3.05, 3.63) is 106 Å². The number of rotatable bonds is 7. The van der Waals surface area contributed by atoms with Gasteiger partial charge in [0.15, 0.2) is 11.9 Å². The molecule has 0 aromatic heterocycles. The zero-order chi connectivity index (χ0) is 27.5. The van der Waals surface area contributed by atoms with Gasteiger partial charge in [0, 0.05) is 18.9 Å². The van der Waals surface area contributed by atoms with Crippen molar-refractivity contribution in [2.45, 2.75) is 6.10 Å². The third-order valence-electron chi connectivity index (χ3n) is 6.35. The molecule has 3 N–H and O–H groups in total. The van der Waals surface area contributed by atoms with E-state index in [1.165, 1.54) is 20.3 Å². The molecule has 4 aromatic carbocycles. The van der Waals surface area contributed by atoms with Crippen LogP contribution in [-0.4, -0.2) is 31.0 Å². The molecule has 10 nitrogen and oxygen atoms in total. The van der Waals surface area contributed by atoms with Gasteiger partial charge in [0.05, 0.1) is 34.7 Å². The molecule has 0 saturated carbocycles. The number of carbonyl (C=O) groups is 2. The standard InChI is InChI=1S/C29H24N4O6/c1-38-26-15-19(9-13-25(26)33(36)37)18-8-11-21-23(14-18)31-22-12-10-20(16-24(22)32-28(21)34)30-29(35)27(39-2)17-6-4-3-5-7-17/h3-16,27,31H,1-2H3,(H,30,35)(H,32,34)/t27-/m1/s1. The van der Waals surface area contributed by atoms with Gasteiger partial charge in [-0.05, 0) is 59.2 Å². The van der Waals surface area contributed by atoms with E-state index < -0.39 is 11.0 Å². The Labute approximate surface area is 223 Å². The number of anilines is 4. The van der Waals surface area contributed by atoms with E-state index in [-0.39, 0.29) is 23.3 Å². The molecule has 0 fully saturated rings. The molecule has 196 valence electrons. The van der Waals surface area contributed by atoms with Gasteiger partial charge in [-0.25, -0.2) is 0 Å². The molecule has 0 spiro atoms. The number of carbonyl (C=O) groups excluding carboxylic acids is 2. The Kier molecular flexibility index (Phi) is 6.94. The SMILES string of the molecule is COc1cc(-c2ccc3c(c2)Nc2ccc(NC(=O)[C@H](OC)c4ccccc4)cc2NC3=O)ccc1[N+](=O)[O-]. The molecule has 0 saturated heterocycles. The zero-order valence-corrected chi connectivity index (χ0v) is 21.1. The molecule has 0 aliphatic carbocycles. The first-order valence-electron chi connectivity index (χ1n) is 12.0. The number of amides is 2. The highest BCUT2D eigenvalue weighted by Gasteiger charge is 2.23. The van der Waals surface area contributed by atoms with Crippen molar-refractivity contribution in [2.24, 2.45) is 0 Å². The van der Waals surface area contributed by atoms with E-state index >= 15 is 0 Å². The van der Waals surface area contributed by atoms with E-state index in [4.69, 9.17) is 9.47 Å². The second kappa shape index (κ2) is 10.6. The summed E-state index contributed by atoms with van der Waals surface area (Å²) >= 11 is 0. The lowest BCUT2D eigenvalue weighted by molar-refractivity contribution is -0.385. The highest BCUT2D eigenvalue weighted by molar-refractivity contribution is 6.13. The van der Waals surface area contributed by atoms with Gasteiger partial charge in [-0.3, -0.25) is 19.7 Å². The van der Waals surface area contributed by atoms with Crippen LogP contribution in [-0.2, 0) is 9.53 Å². The molecule has 1 heterocycles. The molecular weight excluding hydrogens is 500 g/mol. The van der Waals surface area contributed by atoms with Crippen LogP contribution in [0, 0.1) is 10.1 Å². The topological polar surface area (TPSA) is 132 Å². The van der Waals surface area contributed by atoms with Crippen LogP contribution in [0.25, 0.3) is 11.1 Å². The van der Waals surface area contributed by atoms with Crippen LogP contribution >= 0.6 is 0 Å². The molecule has 1 aliphatic rings. The molecule has 39 heavy (non-hydrogen) atoms. The van der Waals surface area contributed by atoms with E-state index in [9.17, 15) is 19.7 Å². The van der Waals surface area contributed by atoms with Crippen molar-refractivity contribution < 1.29 is 24.0 Å². The van der Waals surface area contributed by atoms with Crippen LogP contribution in [0.15, 0.2) is 84.9 Å². The maximum atomic E-state index is 13.1. The van der Waals surface area contributed by atoms with Crippen LogP contribution in [0.2, 0.25) is 0 Å². The summed E-state index contributed by atoms with van der Waals surface area (Å²) in [6.45, 7) is 0. The first-order valence-corrected chi connectivity index (χ1v) is 12.0. The molecule has 4 aromatic rings. The minimum Gasteiger partial charge on any atom is -0.490 e. The van der Waals surface area contributed by atoms with Gasteiger partial charge >= 0.3 is 5.69 Å². The normalized spacial score (nSPS) is 12.6. The van der Waals surface area contributed by atoms with Crippen molar-refractivity contribution in [3.63, 3.8) is 0 Å². The summed E-state index contributed by atoms with van der Waals surface area (Å²) in [6, 6.07) is 24.1. The van der Waals surface area contributed by atoms with E-state index in [1.807, 2.05) is 30.3 Å². The third kappa shape index (κ3) is 5.13. The van der Waals surface area contributed by atoms with Gasteiger partial charge in [0.1, 0.15) is 0 Å². The highest BCUT2D eigenvalue weighted by Crippen LogP contribution is 2.38. The van der Waals surface area contributed by atoms with Crippen molar-refractivity contribution in [1.82, 2.24) is 0 Å². The largest absolute Gasteiger partial charge is 0.490 e. The molecule has 1 atom stereocenters. The van der Waals surface area contributed by atoms with Crippen LogP contribution in [0.3, 0.4) is 0 Å². The monoisotopic (exact) mass is 524 g/mol. The smallest absolute Gasteiger partial charge is 0.310 e. The Bertz CT molecular complexity index is 1590. The first-order chi connectivity index (χ1) is 18.9. The quantitative estimate of drug-likeness (QED) is 0.202. The van der Waals surface area contributed by atoms with Crippen LogP contribution in [0.1, 0.15) is 22.0 Å². The number of benzene rings is 4.